The minimum Gasteiger partial charge on any atom is -0.462 e. The van der Waals surface area contributed by atoms with E-state index in [-0.39, 0.29) is 16.4 Å². The van der Waals surface area contributed by atoms with E-state index in [0.29, 0.717) is 5.69 Å². The summed E-state index contributed by atoms with van der Waals surface area (Å²) in [6.45, 7) is 5.80. The molecule has 0 aliphatic carbocycles. The second kappa shape index (κ2) is 7.53. The highest BCUT2D eigenvalue weighted by atomic mass is 32.2. The molecule has 0 unspecified atom stereocenters. The summed E-state index contributed by atoms with van der Waals surface area (Å²) in [7, 11) is -3.78. The first kappa shape index (κ1) is 19.1. The lowest BCUT2D eigenvalue weighted by Crippen LogP contribution is -2.12. The Morgan fingerprint density at radius 1 is 1.26 bits per heavy atom. The van der Waals surface area contributed by atoms with Crippen LogP contribution in [0.4, 0.5) is 5.69 Å². The average Bonchev–Trinajstić information content (AvgIpc) is 3.23. The smallest absolute Gasteiger partial charge is 0.338 e. The number of hydrogen-bond donors (Lipinski definition) is 2. The van der Waals surface area contributed by atoms with Gasteiger partial charge in [0.1, 0.15) is 9.90 Å². The summed E-state index contributed by atoms with van der Waals surface area (Å²) < 4.78 is 33.0. The van der Waals surface area contributed by atoms with Crippen LogP contribution in [0.15, 0.2) is 40.6 Å². The third-order valence-electron chi connectivity index (χ3n) is 3.96. The van der Waals surface area contributed by atoms with Crippen LogP contribution in [0.25, 0.3) is 10.6 Å². The zero-order valence-electron chi connectivity index (χ0n) is 15.1. The lowest BCUT2D eigenvalue weighted by molar-refractivity contribution is 0.0526. The van der Waals surface area contributed by atoms with E-state index in [2.05, 4.69) is 14.9 Å². The topological polar surface area (TPSA) is 101 Å². The first-order valence-corrected chi connectivity index (χ1v) is 10.5. The number of aromatic amines is 1. The third kappa shape index (κ3) is 4.04. The quantitative estimate of drug-likeness (QED) is 0.609. The van der Waals surface area contributed by atoms with Gasteiger partial charge in [0.15, 0.2) is 0 Å². The van der Waals surface area contributed by atoms with Crippen LogP contribution in [0, 0.1) is 13.8 Å². The van der Waals surface area contributed by atoms with Gasteiger partial charge in [-0.15, -0.1) is 11.3 Å². The highest BCUT2D eigenvalue weighted by Gasteiger charge is 2.20. The fourth-order valence-electron chi connectivity index (χ4n) is 2.45. The molecule has 3 aromatic rings. The molecule has 142 valence electrons. The van der Waals surface area contributed by atoms with Crippen LogP contribution in [0.3, 0.4) is 0 Å². The second-order valence-electron chi connectivity index (χ2n) is 5.85. The van der Waals surface area contributed by atoms with Crippen molar-refractivity contribution in [3.63, 3.8) is 0 Å². The van der Waals surface area contributed by atoms with E-state index in [1.807, 2.05) is 13.8 Å². The maximum absolute atomic E-state index is 12.7. The van der Waals surface area contributed by atoms with Crippen LogP contribution < -0.4 is 4.72 Å². The Hall–Kier alpha value is -2.65. The number of hydrogen-bond acceptors (Lipinski definition) is 6. The standard InChI is InChI=1S/C18H19N3O4S2/c1-4-25-18(22)13-6-5-7-14(10-13)21-27(23,24)16-9-8-15(26-16)17-11(2)12(3)19-20-17/h5-10,21H,4H2,1-3H3,(H,19,20). The number of anilines is 1. The molecule has 1 aromatic carbocycles. The number of nitrogens with zero attached hydrogens (tertiary/aromatic N) is 1. The first-order valence-electron chi connectivity index (χ1n) is 8.23. The molecule has 0 saturated carbocycles. The van der Waals surface area contributed by atoms with Crippen LogP contribution >= 0.6 is 11.3 Å². The summed E-state index contributed by atoms with van der Waals surface area (Å²) >= 11 is 1.13. The Balaban J connectivity index is 1.85. The van der Waals surface area contributed by atoms with E-state index < -0.39 is 16.0 Å². The number of aryl methyl sites for hydroxylation is 1. The molecule has 27 heavy (non-hydrogen) atoms. The predicted octanol–water partition coefficient (Wildman–Crippen LogP) is 3.73. The summed E-state index contributed by atoms with van der Waals surface area (Å²) in [5.74, 6) is -0.499. The minimum absolute atomic E-state index is 0.166. The number of thiophene rings is 1. The van der Waals surface area contributed by atoms with E-state index in [9.17, 15) is 13.2 Å². The van der Waals surface area contributed by atoms with Crippen LogP contribution in [0.5, 0.6) is 0 Å². The monoisotopic (exact) mass is 405 g/mol. The molecule has 0 atom stereocenters. The number of sulfonamides is 1. The average molecular weight is 406 g/mol. The Morgan fingerprint density at radius 2 is 2.04 bits per heavy atom. The fourth-order valence-corrected chi connectivity index (χ4v) is 4.85. The van der Waals surface area contributed by atoms with Crippen molar-refractivity contribution in [3.8, 4) is 10.6 Å². The first-order chi connectivity index (χ1) is 12.8. The number of ether oxygens (including phenoxy) is 1. The Kier molecular flexibility index (Phi) is 5.33. The Labute approximate surface area is 161 Å². The highest BCUT2D eigenvalue weighted by molar-refractivity contribution is 7.94. The summed E-state index contributed by atoms with van der Waals surface area (Å²) in [4.78, 5) is 12.6. The molecule has 0 aliphatic rings. The molecular weight excluding hydrogens is 386 g/mol. The second-order valence-corrected chi connectivity index (χ2v) is 8.84. The van der Waals surface area contributed by atoms with Crippen molar-refractivity contribution < 1.29 is 17.9 Å². The lowest BCUT2D eigenvalue weighted by atomic mass is 10.2. The molecule has 2 heterocycles. The number of H-pyrrole nitrogens is 1. The summed E-state index contributed by atoms with van der Waals surface area (Å²) in [5, 5.41) is 7.13. The summed E-state index contributed by atoms with van der Waals surface area (Å²) in [6.07, 6.45) is 0. The molecule has 0 spiro atoms. The maximum Gasteiger partial charge on any atom is 0.338 e. The normalized spacial score (nSPS) is 11.4. The van der Waals surface area contributed by atoms with Crippen molar-refractivity contribution in [3.05, 3.63) is 53.2 Å². The van der Waals surface area contributed by atoms with Crippen LogP contribution in [-0.2, 0) is 14.8 Å². The van der Waals surface area contributed by atoms with Crippen molar-refractivity contribution in [2.24, 2.45) is 0 Å². The van der Waals surface area contributed by atoms with Gasteiger partial charge in [-0.2, -0.15) is 5.10 Å². The number of carbonyl (C=O) groups excluding carboxylic acids is 1. The van der Waals surface area contributed by atoms with Gasteiger partial charge in [0, 0.05) is 11.4 Å². The molecule has 2 aromatic heterocycles. The number of nitrogens with one attached hydrogen (secondary N) is 2. The van der Waals surface area contributed by atoms with E-state index in [0.717, 1.165) is 33.2 Å². The molecule has 3 rings (SSSR count). The molecule has 7 nitrogen and oxygen atoms in total. The van der Waals surface area contributed by atoms with Crippen LogP contribution in [-0.4, -0.2) is 31.2 Å². The van der Waals surface area contributed by atoms with Gasteiger partial charge in [0.05, 0.1) is 17.0 Å². The molecule has 0 radical (unpaired) electrons. The van der Waals surface area contributed by atoms with E-state index in [4.69, 9.17) is 4.74 Å². The van der Waals surface area contributed by atoms with Crippen LogP contribution in [0.2, 0.25) is 0 Å². The van der Waals surface area contributed by atoms with Gasteiger partial charge in [-0.05, 0) is 56.7 Å². The van der Waals surface area contributed by atoms with Crippen molar-refractivity contribution in [1.82, 2.24) is 10.2 Å². The SMILES string of the molecule is CCOC(=O)c1cccc(NS(=O)(=O)c2ccc(-c3n[nH]c(C)c3C)s2)c1. The molecular formula is C18H19N3O4S2. The summed E-state index contributed by atoms with van der Waals surface area (Å²) in [6, 6.07) is 9.47. The third-order valence-corrected chi connectivity index (χ3v) is 6.92. The van der Waals surface area contributed by atoms with Gasteiger partial charge < -0.3 is 4.74 Å². The van der Waals surface area contributed by atoms with E-state index in [1.165, 1.54) is 6.07 Å². The molecule has 0 bridgehead atoms. The van der Waals surface area contributed by atoms with Gasteiger partial charge >= 0.3 is 5.97 Å². The van der Waals surface area contributed by atoms with Gasteiger partial charge in [-0.3, -0.25) is 9.82 Å². The van der Waals surface area contributed by atoms with Crippen molar-refractivity contribution >= 4 is 33.0 Å². The number of benzene rings is 1. The summed E-state index contributed by atoms with van der Waals surface area (Å²) in [5.41, 5.74) is 3.24. The molecule has 0 amide bonds. The largest absolute Gasteiger partial charge is 0.462 e. The van der Waals surface area contributed by atoms with Gasteiger partial charge in [0.25, 0.3) is 10.0 Å². The molecule has 9 heteroatoms. The van der Waals surface area contributed by atoms with Crippen molar-refractivity contribution in [2.75, 3.05) is 11.3 Å². The number of carbonyl (C=O) groups is 1. The van der Waals surface area contributed by atoms with Gasteiger partial charge in [0.2, 0.25) is 0 Å². The van der Waals surface area contributed by atoms with Gasteiger partial charge in [-0.1, -0.05) is 6.07 Å². The molecule has 0 aliphatic heterocycles. The molecule has 0 fully saturated rings. The number of esters is 1. The molecule has 2 N–H and O–H groups in total. The van der Waals surface area contributed by atoms with E-state index >= 15 is 0 Å². The van der Waals surface area contributed by atoms with Crippen molar-refractivity contribution in [2.45, 2.75) is 25.0 Å². The highest BCUT2D eigenvalue weighted by Crippen LogP contribution is 2.33. The van der Waals surface area contributed by atoms with E-state index in [1.54, 1.807) is 37.3 Å². The minimum atomic E-state index is -3.78. The molecule has 0 saturated heterocycles. The maximum atomic E-state index is 12.7. The van der Waals surface area contributed by atoms with Gasteiger partial charge in [-0.25, -0.2) is 13.2 Å². The zero-order valence-corrected chi connectivity index (χ0v) is 16.7. The van der Waals surface area contributed by atoms with Crippen LogP contribution in [0.1, 0.15) is 28.5 Å². The number of aromatic nitrogens is 2. The van der Waals surface area contributed by atoms with Crippen molar-refractivity contribution in [1.29, 1.82) is 0 Å². The predicted molar refractivity (Wildman–Crippen MR) is 105 cm³/mol. The number of rotatable bonds is 6. The fraction of sp³-hybridized carbons (Fsp3) is 0.222. The Bertz CT molecular complexity index is 1080. The zero-order chi connectivity index (χ0) is 19.6. The Morgan fingerprint density at radius 3 is 2.70 bits per heavy atom. The lowest BCUT2D eigenvalue weighted by Gasteiger charge is -2.08.